The van der Waals surface area contributed by atoms with Gasteiger partial charge in [-0.2, -0.15) is 0 Å². The van der Waals surface area contributed by atoms with Gasteiger partial charge in [0.2, 0.25) is 0 Å². The number of rotatable bonds is 4. The fourth-order valence-corrected chi connectivity index (χ4v) is 2.44. The zero-order valence-corrected chi connectivity index (χ0v) is 11.8. The molecule has 0 radical (unpaired) electrons. The lowest BCUT2D eigenvalue weighted by Gasteiger charge is -2.13. The van der Waals surface area contributed by atoms with Crippen LogP contribution in [0.25, 0.3) is 10.9 Å². The summed E-state index contributed by atoms with van der Waals surface area (Å²) in [5.74, 6) is 0.958. The monoisotopic (exact) mass is 266 g/mol. The predicted molar refractivity (Wildman–Crippen MR) is 80.4 cm³/mol. The average molecular weight is 266 g/mol. The van der Waals surface area contributed by atoms with Crippen LogP contribution in [0, 0.1) is 6.92 Å². The predicted octanol–water partition coefficient (Wildman–Crippen LogP) is 3.99. The van der Waals surface area contributed by atoms with Crippen LogP contribution in [0.1, 0.15) is 30.0 Å². The normalized spacial score (nSPS) is 12.7. The molecule has 0 bridgehead atoms. The maximum atomic E-state index is 5.42. The second-order valence-electron chi connectivity index (χ2n) is 5.06. The Morgan fingerprint density at radius 3 is 2.85 bits per heavy atom. The molecule has 0 aliphatic carbocycles. The second-order valence-corrected chi connectivity index (χ2v) is 5.06. The van der Waals surface area contributed by atoms with E-state index >= 15 is 0 Å². The Labute approximate surface area is 118 Å². The van der Waals surface area contributed by atoms with Crippen LogP contribution in [0.2, 0.25) is 0 Å². The summed E-state index contributed by atoms with van der Waals surface area (Å²) in [5, 5.41) is 4.70. The molecule has 1 aromatic carbocycles. The molecule has 102 valence electrons. The Bertz CT molecular complexity index is 704. The van der Waals surface area contributed by atoms with Crippen molar-refractivity contribution in [3.8, 4) is 0 Å². The highest BCUT2D eigenvalue weighted by molar-refractivity contribution is 5.82. The Balaban J connectivity index is 1.84. The molecule has 0 spiro atoms. The molecule has 0 saturated carbocycles. The molecule has 0 aliphatic rings. The van der Waals surface area contributed by atoms with E-state index in [1.54, 1.807) is 6.26 Å². The molecular formula is C17H18N2O. The third-order valence-electron chi connectivity index (χ3n) is 3.50. The van der Waals surface area contributed by atoms with Crippen LogP contribution >= 0.6 is 0 Å². The van der Waals surface area contributed by atoms with Gasteiger partial charge in [0.15, 0.2) is 0 Å². The third kappa shape index (κ3) is 2.58. The summed E-state index contributed by atoms with van der Waals surface area (Å²) in [7, 11) is 0. The van der Waals surface area contributed by atoms with Gasteiger partial charge < -0.3 is 9.73 Å². The first-order valence-corrected chi connectivity index (χ1v) is 6.86. The van der Waals surface area contributed by atoms with E-state index < -0.39 is 0 Å². The first-order chi connectivity index (χ1) is 9.74. The summed E-state index contributed by atoms with van der Waals surface area (Å²) >= 11 is 0. The van der Waals surface area contributed by atoms with E-state index in [9.17, 15) is 0 Å². The van der Waals surface area contributed by atoms with E-state index in [1.807, 2.05) is 25.1 Å². The van der Waals surface area contributed by atoms with Crippen molar-refractivity contribution in [2.24, 2.45) is 0 Å². The first kappa shape index (κ1) is 12.9. The molecule has 3 aromatic rings. The fourth-order valence-electron chi connectivity index (χ4n) is 2.44. The SMILES string of the molecule is Cc1cc(CN[C@@H](C)c2ccco2)c2ccccc2n1. The number of aryl methyl sites for hydroxylation is 1. The van der Waals surface area contributed by atoms with Gasteiger partial charge in [0.25, 0.3) is 0 Å². The number of furan rings is 1. The van der Waals surface area contributed by atoms with Gasteiger partial charge in [-0.1, -0.05) is 18.2 Å². The highest BCUT2D eigenvalue weighted by Gasteiger charge is 2.09. The van der Waals surface area contributed by atoms with E-state index in [1.165, 1.54) is 10.9 Å². The summed E-state index contributed by atoms with van der Waals surface area (Å²) < 4.78 is 5.42. The van der Waals surface area contributed by atoms with Crippen molar-refractivity contribution in [1.29, 1.82) is 0 Å². The minimum atomic E-state index is 0.192. The van der Waals surface area contributed by atoms with Gasteiger partial charge in [-0.3, -0.25) is 4.98 Å². The number of pyridine rings is 1. The maximum Gasteiger partial charge on any atom is 0.120 e. The van der Waals surface area contributed by atoms with Gasteiger partial charge in [0.1, 0.15) is 5.76 Å². The summed E-state index contributed by atoms with van der Waals surface area (Å²) in [5.41, 5.74) is 3.37. The van der Waals surface area contributed by atoms with E-state index in [0.29, 0.717) is 0 Å². The smallest absolute Gasteiger partial charge is 0.120 e. The molecular weight excluding hydrogens is 248 g/mol. The maximum absolute atomic E-state index is 5.42. The molecule has 0 amide bonds. The van der Waals surface area contributed by atoms with Crippen LogP contribution in [0.4, 0.5) is 0 Å². The first-order valence-electron chi connectivity index (χ1n) is 6.86. The molecule has 3 nitrogen and oxygen atoms in total. The number of hydrogen-bond donors (Lipinski definition) is 1. The second kappa shape index (κ2) is 5.47. The van der Waals surface area contributed by atoms with Gasteiger partial charge in [-0.25, -0.2) is 0 Å². The fraction of sp³-hybridized carbons (Fsp3) is 0.235. The zero-order valence-electron chi connectivity index (χ0n) is 11.8. The van der Waals surface area contributed by atoms with E-state index in [2.05, 4.69) is 41.5 Å². The Morgan fingerprint density at radius 1 is 1.20 bits per heavy atom. The average Bonchev–Trinajstić information content (AvgIpc) is 2.98. The van der Waals surface area contributed by atoms with Crippen LogP contribution in [-0.2, 0) is 6.54 Å². The summed E-state index contributed by atoms with van der Waals surface area (Å²) in [6.07, 6.45) is 1.71. The lowest BCUT2D eigenvalue weighted by molar-refractivity contribution is 0.430. The van der Waals surface area contributed by atoms with Crippen molar-refractivity contribution >= 4 is 10.9 Å². The third-order valence-corrected chi connectivity index (χ3v) is 3.50. The van der Waals surface area contributed by atoms with Gasteiger partial charge in [0.05, 0.1) is 17.8 Å². The molecule has 0 aliphatic heterocycles. The highest BCUT2D eigenvalue weighted by atomic mass is 16.3. The van der Waals surface area contributed by atoms with E-state index in [-0.39, 0.29) is 6.04 Å². The van der Waals surface area contributed by atoms with Crippen molar-refractivity contribution < 1.29 is 4.42 Å². The Morgan fingerprint density at radius 2 is 2.05 bits per heavy atom. The molecule has 0 saturated heterocycles. The van der Waals surface area contributed by atoms with Crippen LogP contribution in [0.5, 0.6) is 0 Å². The number of fused-ring (bicyclic) bond motifs is 1. The molecule has 2 aromatic heterocycles. The molecule has 2 heterocycles. The van der Waals surface area contributed by atoms with Crippen molar-refractivity contribution in [3.63, 3.8) is 0 Å². The number of hydrogen-bond acceptors (Lipinski definition) is 3. The van der Waals surface area contributed by atoms with Crippen LogP contribution in [0.15, 0.2) is 53.1 Å². The van der Waals surface area contributed by atoms with Crippen LogP contribution in [0.3, 0.4) is 0 Å². The molecule has 3 rings (SSSR count). The lowest BCUT2D eigenvalue weighted by atomic mass is 10.1. The van der Waals surface area contributed by atoms with E-state index in [0.717, 1.165) is 23.5 Å². The van der Waals surface area contributed by atoms with Crippen molar-refractivity contribution in [2.75, 3.05) is 0 Å². The lowest BCUT2D eigenvalue weighted by Crippen LogP contribution is -2.18. The number of para-hydroxylation sites is 1. The van der Waals surface area contributed by atoms with Crippen LogP contribution < -0.4 is 5.32 Å². The van der Waals surface area contributed by atoms with Gasteiger partial charge in [-0.15, -0.1) is 0 Å². The minimum absolute atomic E-state index is 0.192. The zero-order chi connectivity index (χ0) is 13.9. The Hall–Kier alpha value is -2.13. The molecule has 0 fully saturated rings. The molecule has 0 unspecified atom stereocenters. The number of aromatic nitrogens is 1. The number of nitrogens with one attached hydrogen (secondary N) is 1. The van der Waals surface area contributed by atoms with Crippen molar-refractivity contribution in [3.05, 3.63) is 65.7 Å². The molecule has 3 heteroatoms. The molecule has 1 atom stereocenters. The summed E-state index contributed by atoms with van der Waals surface area (Å²) in [6.45, 7) is 4.94. The van der Waals surface area contributed by atoms with Crippen LogP contribution in [-0.4, -0.2) is 4.98 Å². The largest absolute Gasteiger partial charge is 0.468 e. The van der Waals surface area contributed by atoms with Gasteiger partial charge in [-0.05, 0) is 43.7 Å². The summed E-state index contributed by atoms with van der Waals surface area (Å²) in [6, 6.07) is 14.5. The van der Waals surface area contributed by atoms with Crippen molar-refractivity contribution in [1.82, 2.24) is 10.3 Å². The van der Waals surface area contributed by atoms with Crippen molar-refractivity contribution in [2.45, 2.75) is 26.4 Å². The molecule has 1 N–H and O–H groups in total. The van der Waals surface area contributed by atoms with Gasteiger partial charge >= 0.3 is 0 Å². The van der Waals surface area contributed by atoms with Gasteiger partial charge in [0, 0.05) is 17.6 Å². The minimum Gasteiger partial charge on any atom is -0.468 e. The molecule has 20 heavy (non-hydrogen) atoms. The standard InChI is InChI=1S/C17H18N2O/c1-12-10-14(15-6-3-4-7-16(15)19-12)11-18-13(2)17-8-5-9-20-17/h3-10,13,18H,11H2,1-2H3/t13-/m0/s1. The van der Waals surface area contributed by atoms with E-state index in [4.69, 9.17) is 4.42 Å². The Kier molecular flexibility index (Phi) is 3.52. The summed E-state index contributed by atoms with van der Waals surface area (Å²) in [4.78, 5) is 4.57. The highest BCUT2D eigenvalue weighted by Crippen LogP contribution is 2.19. The number of benzene rings is 1. The topological polar surface area (TPSA) is 38.1 Å². The number of nitrogens with zero attached hydrogens (tertiary/aromatic N) is 1. The quantitative estimate of drug-likeness (QED) is 0.776.